The van der Waals surface area contributed by atoms with Crippen LogP contribution >= 0.6 is 11.8 Å². The van der Waals surface area contributed by atoms with E-state index in [1.165, 1.54) is 23.8 Å². The molecular weight excluding hydrogens is 370 g/mol. The normalized spacial score (nSPS) is 19.1. The number of carbonyl (C=O) groups excluding carboxylic acids is 1. The molecule has 3 N–H and O–H groups in total. The Kier molecular flexibility index (Phi) is 5.76. The molecule has 1 aliphatic rings. The lowest BCUT2D eigenvalue weighted by Gasteiger charge is -2.35. The first-order chi connectivity index (χ1) is 13.0. The van der Waals surface area contributed by atoms with E-state index in [4.69, 9.17) is 5.73 Å². The van der Waals surface area contributed by atoms with Crippen molar-refractivity contribution in [3.8, 4) is 0 Å². The summed E-state index contributed by atoms with van der Waals surface area (Å²) in [5, 5.41) is 8.50. The van der Waals surface area contributed by atoms with E-state index in [1.54, 1.807) is 0 Å². The van der Waals surface area contributed by atoms with Crippen LogP contribution in [-0.2, 0) is 4.87 Å². The Morgan fingerprint density at radius 2 is 2.00 bits per heavy atom. The maximum absolute atomic E-state index is 14.3. The first-order valence-electron chi connectivity index (χ1n) is 8.52. The molecular formula is C19H20F2N4OS. The van der Waals surface area contributed by atoms with Gasteiger partial charge >= 0.3 is 6.03 Å². The fraction of sp³-hybridized carbons (Fsp3) is 0.263. The lowest BCUT2D eigenvalue weighted by atomic mass is 10.0. The summed E-state index contributed by atoms with van der Waals surface area (Å²) in [5.74, 6) is -1.16. The Morgan fingerprint density at radius 1 is 1.26 bits per heavy atom. The van der Waals surface area contributed by atoms with Gasteiger partial charge in [0, 0.05) is 12.6 Å². The maximum atomic E-state index is 14.3. The number of hydrazone groups is 1. The van der Waals surface area contributed by atoms with E-state index in [-0.39, 0.29) is 10.6 Å². The molecule has 1 atom stereocenters. The van der Waals surface area contributed by atoms with Crippen molar-refractivity contribution >= 4 is 22.8 Å². The first-order valence-corrected chi connectivity index (χ1v) is 9.34. The number of thioether (sulfide) groups is 1. The van der Waals surface area contributed by atoms with E-state index in [9.17, 15) is 13.6 Å². The van der Waals surface area contributed by atoms with Gasteiger partial charge in [0.15, 0.2) is 0 Å². The molecule has 1 heterocycles. The second-order valence-electron chi connectivity index (χ2n) is 6.04. The molecule has 0 bridgehead atoms. The zero-order valence-electron chi connectivity index (χ0n) is 14.8. The second-order valence-corrected chi connectivity index (χ2v) is 7.31. The Labute approximate surface area is 160 Å². The molecule has 2 aromatic rings. The minimum Gasteiger partial charge on any atom is -0.340 e. The molecule has 1 unspecified atom stereocenters. The lowest BCUT2D eigenvalue weighted by Crippen LogP contribution is -2.45. The summed E-state index contributed by atoms with van der Waals surface area (Å²) < 4.78 is 28.0. The van der Waals surface area contributed by atoms with Crippen molar-refractivity contribution in [2.45, 2.75) is 17.7 Å². The number of hydrogen-bond donors (Lipinski definition) is 2. The number of halogens is 2. The highest BCUT2D eigenvalue weighted by atomic mass is 32.2. The third-order valence-electron chi connectivity index (χ3n) is 4.31. The van der Waals surface area contributed by atoms with Gasteiger partial charge in [-0.1, -0.05) is 42.1 Å². The monoisotopic (exact) mass is 390 g/mol. The van der Waals surface area contributed by atoms with Crippen molar-refractivity contribution in [3.05, 3.63) is 71.3 Å². The summed E-state index contributed by atoms with van der Waals surface area (Å²) >= 11 is 1.23. The fourth-order valence-corrected chi connectivity index (χ4v) is 4.42. The highest BCUT2D eigenvalue weighted by Crippen LogP contribution is 2.50. The molecule has 142 valence electrons. The second kappa shape index (κ2) is 8.06. The summed E-state index contributed by atoms with van der Waals surface area (Å²) in [4.78, 5) is 11.7. The van der Waals surface area contributed by atoms with Crippen LogP contribution in [0.1, 0.15) is 24.0 Å². The molecule has 0 saturated carbocycles. The topological polar surface area (TPSA) is 70.7 Å². The highest BCUT2D eigenvalue weighted by Gasteiger charge is 2.48. The molecule has 0 fully saturated rings. The number of nitrogens with one attached hydrogen (secondary N) is 1. The fourth-order valence-electron chi connectivity index (χ4n) is 3.00. The molecule has 2 aromatic carbocycles. The average Bonchev–Trinajstić information content (AvgIpc) is 3.09. The number of benzene rings is 2. The Balaban J connectivity index is 2.12. The van der Waals surface area contributed by atoms with Crippen LogP contribution in [0.2, 0.25) is 0 Å². The van der Waals surface area contributed by atoms with E-state index < -0.39 is 22.5 Å². The van der Waals surface area contributed by atoms with Crippen LogP contribution in [0.3, 0.4) is 0 Å². The third-order valence-corrected chi connectivity index (χ3v) is 5.75. The number of urea groups is 1. The smallest absolute Gasteiger partial charge is 0.339 e. The van der Waals surface area contributed by atoms with Gasteiger partial charge in [-0.15, -0.1) is 0 Å². The van der Waals surface area contributed by atoms with Gasteiger partial charge in [0.1, 0.15) is 21.5 Å². The van der Waals surface area contributed by atoms with Crippen molar-refractivity contribution in [2.75, 3.05) is 13.6 Å². The molecule has 0 spiro atoms. The quantitative estimate of drug-likeness (QED) is 0.819. The van der Waals surface area contributed by atoms with Gasteiger partial charge in [0.05, 0.1) is 0 Å². The predicted octanol–water partition coefficient (Wildman–Crippen LogP) is 3.61. The van der Waals surface area contributed by atoms with Crippen molar-refractivity contribution in [3.63, 3.8) is 0 Å². The molecule has 0 radical (unpaired) electrons. The first kappa shape index (κ1) is 19.3. The molecule has 2 amide bonds. The van der Waals surface area contributed by atoms with Crippen LogP contribution in [0, 0.1) is 11.6 Å². The van der Waals surface area contributed by atoms with E-state index in [2.05, 4.69) is 10.4 Å². The lowest BCUT2D eigenvalue weighted by molar-refractivity contribution is 0.164. The summed E-state index contributed by atoms with van der Waals surface area (Å²) in [7, 11) is 1.50. The Hall–Kier alpha value is -2.45. The van der Waals surface area contributed by atoms with Crippen LogP contribution in [0.15, 0.2) is 53.6 Å². The standard InChI is InChI=1S/C19H20F2N4OS/c1-23-18(26)25-19(10-5-11-22,13-6-3-2-4-7-13)27-17(24-25)15-12-14(20)8-9-16(15)21/h2-4,6-9,12H,5,10-11,22H2,1H3,(H,23,26). The summed E-state index contributed by atoms with van der Waals surface area (Å²) in [6.45, 7) is 0.431. The van der Waals surface area contributed by atoms with E-state index in [1.807, 2.05) is 30.3 Å². The molecule has 1 aliphatic heterocycles. The van der Waals surface area contributed by atoms with Crippen LogP contribution < -0.4 is 11.1 Å². The number of hydrogen-bond acceptors (Lipinski definition) is 4. The van der Waals surface area contributed by atoms with Gasteiger partial charge in [-0.2, -0.15) is 10.1 Å². The number of amides is 2. The number of nitrogens with two attached hydrogens (primary N) is 1. The summed E-state index contributed by atoms with van der Waals surface area (Å²) in [5.41, 5.74) is 6.58. The zero-order valence-corrected chi connectivity index (χ0v) is 15.6. The zero-order chi connectivity index (χ0) is 19.4. The van der Waals surface area contributed by atoms with Crippen molar-refractivity contribution < 1.29 is 13.6 Å². The molecule has 8 heteroatoms. The van der Waals surface area contributed by atoms with Gasteiger partial charge in [-0.05, 0) is 43.1 Å². The third kappa shape index (κ3) is 3.68. The Morgan fingerprint density at radius 3 is 2.67 bits per heavy atom. The molecule has 0 aliphatic carbocycles. The summed E-state index contributed by atoms with van der Waals surface area (Å²) in [6, 6.07) is 12.1. The molecule has 3 rings (SSSR count). The molecule has 5 nitrogen and oxygen atoms in total. The predicted molar refractivity (Wildman–Crippen MR) is 103 cm³/mol. The van der Waals surface area contributed by atoms with Crippen LogP contribution in [-0.4, -0.2) is 29.7 Å². The average molecular weight is 390 g/mol. The van der Waals surface area contributed by atoms with Crippen LogP contribution in [0.25, 0.3) is 0 Å². The van der Waals surface area contributed by atoms with Gasteiger partial charge < -0.3 is 11.1 Å². The van der Waals surface area contributed by atoms with Crippen molar-refractivity contribution in [2.24, 2.45) is 10.8 Å². The van der Waals surface area contributed by atoms with Gasteiger partial charge in [0.2, 0.25) is 0 Å². The van der Waals surface area contributed by atoms with Gasteiger partial charge in [-0.3, -0.25) is 0 Å². The SMILES string of the molecule is CNC(=O)N1N=C(c2cc(F)ccc2F)SC1(CCCN)c1ccccc1. The Bertz CT molecular complexity index is 862. The molecule has 0 aromatic heterocycles. The molecule has 0 saturated heterocycles. The maximum Gasteiger partial charge on any atom is 0.339 e. The van der Waals surface area contributed by atoms with Crippen molar-refractivity contribution in [1.29, 1.82) is 0 Å². The highest BCUT2D eigenvalue weighted by molar-refractivity contribution is 8.15. The van der Waals surface area contributed by atoms with Crippen molar-refractivity contribution in [1.82, 2.24) is 10.3 Å². The summed E-state index contributed by atoms with van der Waals surface area (Å²) in [6.07, 6.45) is 1.14. The van der Waals surface area contributed by atoms with E-state index >= 15 is 0 Å². The van der Waals surface area contributed by atoms with Gasteiger partial charge in [-0.25, -0.2) is 13.6 Å². The number of rotatable bonds is 5. The molecule has 27 heavy (non-hydrogen) atoms. The number of carbonyl (C=O) groups is 1. The minimum absolute atomic E-state index is 0.0273. The minimum atomic E-state index is -0.894. The van der Waals surface area contributed by atoms with Crippen LogP contribution in [0.4, 0.5) is 13.6 Å². The van der Waals surface area contributed by atoms with E-state index in [0.29, 0.717) is 19.4 Å². The number of nitrogens with zero attached hydrogens (tertiary/aromatic N) is 2. The van der Waals surface area contributed by atoms with E-state index in [0.717, 1.165) is 23.8 Å². The van der Waals surface area contributed by atoms with Gasteiger partial charge in [0.25, 0.3) is 0 Å². The largest absolute Gasteiger partial charge is 0.340 e. The van der Waals surface area contributed by atoms with Crippen LogP contribution in [0.5, 0.6) is 0 Å².